The van der Waals surface area contributed by atoms with Gasteiger partial charge in [-0.1, -0.05) is 0 Å². The van der Waals surface area contributed by atoms with E-state index in [1.807, 2.05) is 6.07 Å². The van der Waals surface area contributed by atoms with Crippen molar-refractivity contribution >= 4 is 10.8 Å². The highest BCUT2D eigenvalue weighted by Gasteiger charge is 2.31. The SMILES string of the molecule is Cn1cc(C#N)c2cc(-c3ncc(C(F)(F)F)cn3)c(F)cc2c1=O. The number of nitriles is 1. The normalized spacial score (nSPS) is 11.5. The second kappa shape index (κ2) is 5.66. The van der Waals surface area contributed by atoms with Crippen LogP contribution in [0.1, 0.15) is 11.1 Å². The fourth-order valence-corrected chi connectivity index (χ4v) is 2.36. The third kappa shape index (κ3) is 2.82. The van der Waals surface area contributed by atoms with E-state index in [4.69, 9.17) is 0 Å². The van der Waals surface area contributed by atoms with Crippen molar-refractivity contribution in [2.45, 2.75) is 6.18 Å². The molecular weight excluding hydrogens is 340 g/mol. The molecule has 0 saturated heterocycles. The van der Waals surface area contributed by atoms with E-state index in [1.54, 1.807) is 0 Å². The first-order chi connectivity index (χ1) is 11.7. The Balaban J connectivity index is 2.24. The molecule has 0 fully saturated rings. The van der Waals surface area contributed by atoms with Gasteiger partial charge in [-0.15, -0.1) is 0 Å². The van der Waals surface area contributed by atoms with Gasteiger partial charge in [-0.05, 0) is 12.1 Å². The summed E-state index contributed by atoms with van der Waals surface area (Å²) in [7, 11) is 1.42. The Morgan fingerprint density at radius 3 is 2.36 bits per heavy atom. The fraction of sp³-hybridized carbons (Fsp3) is 0.125. The molecule has 0 amide bonds. The van der Waals surface area contributed by atoms with Gasteiger partial charge in [-0.2, -0.15) is 18.4 Å². The van der Waals surface area contributed by atoms with Crippen molar-refractivity contribution in [3.63, 3.8) is 0 Å². The van der Waals surface area contributed by atoms with Crippen LogP contribution in [0.2, 0.25) is 0 Å². The average molecular weight is 348 g/mol. The minimum Gasteiger partial charge on any atom is -0.317 e. The molecule has 0 atom stereocenters. The van der Waals surface area contributed by atoms with Crippen LogP contribution in [-0.2, 0) is 13.2 Å². The second-order valence-corrected chi connectivity index (χ2v) is 5.24. The molecule has 0 saturated carbocycles. The maximum atomic E-state index is 14.4. The van der Waals surface area contributed by atoms with Gasteiger partial charge in [0.25, 0.3) is 5.56 Å². The lowest BCUT2D eigenvalue weighted by Gasteiger charge is -2.09. The molecule has 2 heterocycles. The Kier molecular flexibility index (Phi) is 3.75. The smallest absolute Gasteiger partial charge is 0.317 e. The third-order valence-electron chi connectivity index (χ3n) is 3.61. The lowest BCUT2D eigenvalue weighted by atomic mass is 10.0. The van der Waals surface area contributed by atoms with E-state index in [0.29, 0.717) is 12.4 Å². The van der Waals surface area contributed by atoms with E-state index >= 15 is 0 Å². The molecule has 0 spiro atoms. The number of halogens is 4. The number of aryl methyl sites for hydroxylation is 1. The van der Waals surface area contributed by atoms with E-state index in [1.165, 1.54) is 19.3 Å². The summed E-state index contributed by atoms with van der Waals surface area (Å²) in [6.07, 6.45) is -2.23. The summed E-state index contributed by atoms with van der Waals surface area (Å²) < 4.78 is 53.2. The van der Waals surface area contributed by atoms with Crippen LogP contribution < -0.4 is 5.56 Å². The Hall–Kier alpha value is -3.28. The maximum Gasteiger partial charge on any atom is 0.419 e. The maximum absolute atomic E-state index is 14.4. The molecule has 0 bridgehead atoms. The largest absolute Gasteiger partial charge is 0.419 e. The van der Waals surface area contributed by atoms with Crippen molar-refractivity contribution < 1.29 is 17.6 Å². The second-order valence-electron chi connectivity index (χ2n) is 5.24. The van der Waals surface area contributed by atoms with Gasteiger partial charge in [0.05, 0.1) is 22.1 Å². The molecule has 25 heavy (non-hydrogen) atoms. The van der Waals surface area contributed by atoms with Gasteiger partial charge in [-0.3, -0.25) is 4.79 Å². The zero-order valence-electron chi connectivity index (χ0n) is 12.6. The van der Waals surface area contributed by atoms with Crippen molar-refractivity contribution in [2.75, 3.05) is 0 Å². The third-order valence-corrected chi connectivity index (χ3v) is 3.61. The van der Waals surface area contributed by atoms with Crippen LogP contribution in [0, 0.1) is 17.1 Å². The summed E-state index contributed by atoms with van der Waals surface area (Å²) in [5.41, 5.74) is -1.66. The number of benzene rings is 1. The van der Waals surface area contributed by atoms with Crippen molar-refractivity contribution in [2.24, 2.45) is 7.05 Å². The van der Waals surface area contributed by atoms with Gasteiger partial charge >= 0.3 is 6.18 Å². The van der Waals surface area contributed by atoms with Crippen LogP contribution in [-0.4, -0.2) is 14.5 Å². The number of hydrogen-bond acceptors (Lipinski definition) is 4. The molecule has 2 aromatic heterocycles. The fourth-order valence-electron chi connectivity index (χ4n) is 2.36. The van der Waals surface area contributed by atoms with Crippen LogP contribution in [0.25, 0.3) is 22.2 Å². The van der Waals surface area contributed by atoms with Gasteiger partial charge in [-0.25, -0.2) is 14.4 Å². The lowest BCUT2D eigenvalue weighted by molar-refractivity contribution is -0.138. The van der Waals surface area contributed by atoms with Gasteiger partial charge < -0.3 is 4.57 Å². The van der Waals surface area contributed by atoms with E-state index < -0.39 is 23.1 Å². The van der Waals surface area contributed by atoms with Crippen LogP contribution in [0.5, 0.6) is 0 Å². The first-order valence-electron chi connectivity index (χ1n) is 6.85. The molecule has 9 heteroatoms. The zero-order valence-corrected chi connectivity index (χ0v) is 12.6. The van der Waals surface area contributed by atoms with Gasteiger partial charge in [0.1, 0.15) is 11.9 Å². The quantitative estimate of drug-likeness (QED) is 0.634. The Labute approximate surface area is 137 Å². The van der Waals surface area contributed by atoms with Crippen LogP contribution in [0.4, 0.5) is 17.6 Å². The number of fused-ring (bicyclic) bond motifs is 1. The topological polar surface area (TPSA) is 71.6 Å². The first kappa shape index (κ1) is 16.6. The lowest BCUT2D eigenvalue weighted by Crippen LogP contribution is -2.17. The van der Waals surface area contributed by atoms with Gasteiger partial charge in [0, 0.05) is 31.0 Å². The summed E-state index contributed by atoms with van der Waals surface area (Å²) in [6.45, 7) is 0. The summed E-state index contributed by atoms with van der Waals surface area (Å²) in [5.74, 6) is -1.16. The van der Waals surface area contributed by atoms with Gasteiger partial charge in [0.15, 0.2) is 5.82 Å². The molecule has 0 aliphatic heterocycles. The van der Waals surface area contributed by atoms with Crippen molar-refractivity contribution in [1.29, 1.82) is 5.26 Å². The molecule has 1 aromatic carbocycles. The predicted molar refractivity (Wildman–Crippen MR) is 79.9 cm³/mol. The summed E-state index contributed by atoms with van der Waals surface area (Å²) >= 11 is 0. The van der Waals surface area contributed by atoms with E-state index in [0.717, 1.165) is 10.6 Å². The summed E-state index contributed by atoms with van der Waals surface area (Å²) in [4.78, 5) is 19.2. The highest BCUT2D eigenvalue weighted by atomic mass is 19.4. The number of alkyl halides is 3. The number of aromatic nitrogens is 3. The minimum absolute atomic E-state index is 0.0188. The molecule has 5 nitrogen and oxygen atoms in total. The van der Waals surface area contributed by atoms with Gasteiger partial charge in [0.2, 0.25) is 0 Å². The molecule has 3 aromatic rings. The first-order valence-corrected chi connectivity index (χ1v) is 6.85. The Morgan fingerprint density at radius 1 is 1.16 bits per heavy atom. The van der Waals surface area contributed by atoms with Crippen molar-refractivity contribution in [3.05, 3.63) is 58.0 Å². The van der Waals surface area contributed by atoms with Crippen molar-refractivity contribution in [3.8, 4) is 17.5 Å². The number of pyridine rings is 1. The van der Waals surface area contributed by atoms with E-state index in [-0.39, 0.29) is 27.7 Å². The van der Waals surface area contributed by atoms with Crippen LogP contribution >= 0.6 is 0 Å². The zero-order chi connectivity index (χ0) is 18.4. The van der Waals surface area contributed by atoms with E-state index in [9.17, 15) is 27.6 Å². The van der Waals surface area contributed by atoms with Crippen molar-refractivity contribution in [1.82, 2.24) is 14.5 Å². The average Bonchev–Trinajstić information content (AvgIpc) is 2.57. The molecular formula is C16H8F4N4O. The van der Waals surface area contributed by atoms with Crippen LogP contribution in [0.15, 0.2) is 35.5 Å². The Morgan fingerprint density at radius 2 is 1.80 bits per heavy atom. The molecule has 0 N–H and O–H groups in total. The minimum atomic E-state index is -4.61. The molecule has 126 valence electrons. The molecule has 0 aliphatic rings. The monoisotopic (exact) mass is 348 g/mol. The molecule has 0 aliphatic carbocycles. The summed E-state index contributed by atoms with van der Waals surface area (Å²) in [6, 6.07) is 4.01. The van der Waals surface area contributed by atoms with E-state index in [2.05, 4.69) is 9.97 Å². The highest BCUT2D eigenvalue weighted by molar-refractivity contribution is 5.90. The molecule has 0 radical (unpaired) electrons. The molecule has 0 unspecified atom stereocenters. The highest BCUT2D eigenvalue weighted by Crippen LogP contribution is 2.30. The number of rotatable bonds is 1. The van der Waals surface area contributed by atoms with Crippen LogP contribution in [0.3, 0.4) is 0 Å². The number of hydrogen-bond donors (Lipinski definition) is 0. The summed E-state index contributed by atoms with van der Waals surface area (Å²) in [5, 5.41) is 9.35. The Bertz CT molecular complexity index is 1080. The standard InChI is InChI=1S/C16H8F4N4O/c1-24-7-8(4-21)10-2-12(13(17)3-11(10)15(24)25)14-22-5-9(6-23-14)16(18,19)20/h2-3,5-7H,1H3. The predicted octanol–water partition coefficient (Wildman–Crippen LogP) is 3.03. The number of nitrogens with zero attached hydrogens (tertiary/aromatic N) is 4. The molecule has 3 rings (SSSR count).